The summed E-state index contributed by atoms with van der Waals surface area (Å²) in [6, 6.07) is 2.41. The maximum Gasteiger partial charge on any atom is 0.306 e. The molecule has 1 aliphatic heterocycles. The number of hydrogen-bond acceptors (Lipinski definition) is 8. The molecule has 4 rings (SSSR count). The average Bonchev–Trinajstić information content (AvgIpc) is 3.28. The zero-order valence-electron chi connectivity index (χ0n) is 19.9. The minimum absolute atomic E-state index is 0.00582. The number of aryl methyl sites for hydroxylation is 1. The van der Waals surface area contributed by atoms with Crippen molar-refractivity contribution in [3.05, 3.63) is 80.9 Å². The fraction of sp³-hybridized carbons (Fsp3) is 0.269. The Hall–Kier alpha value is -4.12. The molecule has 0 saturated heterocycles. The number of aromatic hydroxyl groups is 3. The molecule has 2 aromatic carbocycles. The molecule has 0 amide bonds. The molecule has 1 aliphatic rings. The van der Waals surface area contributed by atoms with E-state index in [0.717, 1.165) is 14.0 Å². The number of ether oxygens (including phenoxy) is 2. The molecular weight excluding hydrogens is 495 g/mol. The quantitative estimate of drug-likeness (QED) is 0.249. The van der Waals surface area contributed by atoms with Crippen molar-refractivity contribution in [3.63, 3.8) is 0 Å². The number of carbonyl (C=O) groups is 2. The number of methoxy groups -OCH3 is 1. The molecule has 37 heavy (non-hydrogen) atoms. The number of phenolic OH excluding ortho intramolecular Hbond substituents is 2. The van der Waals surface area contributed by atoms with E-state index in [1.807, 2.05) is 0 Å². The van der Waals surface area contributed by atoms with Gasteiger partial charge in [-0.1, -0.05) is 0 Å². The number of halogens is 3. The molecule has 194 valence electrons. The van der Waals surface area contributed by atoms with Gasteiger partial charge in [-0.25, -0.2) is 13.2 Å². The fourth-order valence-electron chi connectivity index (χ4n) is 4.48. The number of ketones is 1. The lowest BCUT2D eigenvalue weighted by Crippen LogP contribution is -2.14. The lowest BCUT2D eigenvalue weighted by molar-refractivity contribution is -0.140. The van der Waals surface area contributed by atoms with E-state index in [1.165, 1.54) is 12.3 Å². The summed E-state index contributed by atoms with van der Waals surface area (Å²) in [5.41, 5.74) is -0.0212. The summed E-state index contributed by atoms with van der Waals surface area (Å²) in [4.78, 5) is 28.8. The van der Waals surface area contributed by atoms with Gasteiger partial charge in [0, 0.05) is 34.4 Å². The highest BCUT2D eigenvalue weighted by molar-refractivity contribution is 5.98. The molecule has 0 saturated carbocycles. The molecule has 0 unspecified atom stereocenters. The van der Waals surface area contributed by atoms with E-state index in [-0.39, 0.29) is 40.3 Å². The van der Waals surface area contributed by atoms with Crippen LogP contribution in [0.2, 0.25) is 0 Å². The van der Waals surface area contributed by atoms with Crippen LogP contribution in [0.3, 0.4) is 0 Å². The summed E-state index contributed by atoms with van der Waals surface area (Å²) in [7, 11) is 1.06. The lowest BCUT2D eigenvalue weighted by atomic mass is 9.83. The molecule has 0 bridgehead atoms. The van der Waals surface area contributed by atoms with Crippen LogP contribution in [0.1, 0.15) is 69.2 Å². The van der Waals surface area contributed by atoms with Gasteiger partial charge in [0.25, 0.3) is 0 Å². The number of esters is 1. The van der Waals surface area contributed by atoms with Crippen molar-refractivity contribution in [2.45, 2.75) is 38.9 Å². The number of fused-ring (bicyclic) bond motifs is 1. The fourth-order valence-corrected chi connectivity index (χ4v) is 4.48. The highest BCUT2D eigenvalue weighted by Gasteiger charge is 2.36. The number of Topliss-reactive ketones (excluding diaryl/α,β-unsaturated/α-hetero) is 1. The van der Waals surface area contributed by atoms with Gasteiger partial charge in [0.1, 0.15) is 23.4 Å². The van der Waals surface area contributed by atoms with Crippen LogP contribution in [-0.2, 0) is 20.9 Å². The van der Waals surface area contributed by atoms with Crippen LogP contribution in [0.5, 0.6) is 17.2 Å². The Balaban J connectivity index is 2.01. The standard InChI is InChI=1S/C26H22F3NO7/c1-10-23(33)20-13(8-30-10)9-37-26(20)16-6-14(11(2)31)24(34)21(25(16)35)15(7-19(32)36-3)12-4-17(27)22(29)18(28)5-12/h4-6,8,15,26,33-35H,7,9H2,1-3H3/t15-,26+/m0/s1. The number of hydrogen-bond donors (Lipinski definition) is 3. The third-order valence-corrected chi connectivity index (χ3v) is 6.38. The number of rotatable bonds is 6. The minimum atomic E-state index is -1.75. The van der Waals surface area contributed by atoms with Crippen molar-refractivity contribution in [1.82, 2.24) is 4.98 Å². The first-order valence-electron chi connectivity index (χ1n) is 11.1. The molecule has 8 nitrogen and oxygen atoms in total. The Morgan fingerprint density at radius 2 is 1.76 bits per heavy atom. The Kier molecular flexibility index (Phi) is 6.83. The second-order valence-electron chi connectivity index (χ2n) is 8.63. The Morgan fingerprint density at radius 1 is 1.11 bits per heavy atom. The Bertz CT molecular complexity index is 1420. The van der Waals surface area contributed by atoms with Crippen molar-refractivity contribution in [2.24, 2.45) is 0 Å². The van der Waals surface area contributed by atoms with Crippen LogP contribution in [0, 0.1) is 24.4 Å². The molecule has 0 radical (unpaired) electrons. The molecular formula is C26H22F3NO7. The molecule has 1 aromatic heterocycles. The van der Waals surface area contributed by atoms with Gasteiger partial charge in [0.2, 0.25) is 0 Å². The van der Waals surface area contributed by atoms with E-state index in [0.29, 0.717) is 17.7 Å². The van der Waals surface area contributed by atoms with Gasteiger partial charge in [-0.05, 0) is 37.6 Å². The van der Waals surface area contributed by atoms with Crippen LogP contribution >= 0.6 is 0 Å². The van der Waals surface area contributed by atoms with Crippen molar-refractivity contribution < 1.29 is 47.6 Å². The normalized spacial score (nSPS) is 15.4. The molecule has 11 heteroatoms. The van der Waals surface area contributed by atoms with Crippen molar-refractivity contribution in [3.8, 4) is 17.2 Å². The highest BCUT2D eigenvalue weighted by Crippen LogP contribution is 2.50. The highest BCUT2D eigenvalue weighted by atomic mass is 19.2. The van der Waals surface area contributed by atoms with Crippen LogP contribution in [-0.4, -0.2) is 39.2 Å². The summed E-state index contributed by atoms with van der Waals surface area (Å²) in [5, 5.41) is 33.0. The first kappa shape index (κ1) is 26.0. The van der Waals surface area contributed by atoms with Crippen LogP contribution < -0.4 is 0 Å². The van der Waals surface area contributed by atoms with Crippen LogP contribution in [0.25, 0.3) is 0 Å². The van der Waals surface area contributed by atoms with Gasteiger partial charge < -0.3 is 24.8 Å². The predicted molar refractivity (Wildman–Crippen MR) is 122 cm³/mol. The molecule has 3 aromatic rings. The number of nitrogens with zero attached hydrogens (tertiary/aromatic N) is 1. The zero-order valence-corrected chi connectivity index (χ0v) is 19.9. The zero-order chi connectivity index (χ0) is 27.2. The van der Waals surface area contributed by atoms with Crippen molar-refractivity contribution in [1.29, 1.82) is 0 Å². The Morgan fingerprint density at radius 3 is 2.35 bits per heavy atom. The largest absolute Gasteiger partial charge is 0.507 e. The molecule has 3 N–H and O–H groups in total. The minimum Gasteiger partial charge on any atom is -0.507 e. The van der Waals surface area contributed by atoms with Crippen molar-refractivity contribution >= 4 is 11.8 Å². The lowest BCUT2D eigenvalue weighted by Gasteiger charge is -2.24. The van der Waals surface area contributed by atoms with E-state index in [1.54, 1.807) is 6.92 Å². The van der Waals surface area contributed by atoms with Crippen LogP contribution in [0.4, 0.5) is 13.2 Å². The summed E-state index contributed by atoms with van der Waals surface area (Å²) in [6.45, 7) is 2.70. The average molecular weight is 517 g/mol. The second-order valence-corrected chi connectivity index (χ2v) is 8.63. The van der Waals surface area contributed by atoms with Crippen LogP contribution in [0.15, 0.2) is 24.4 Å². The first-order chi connectivity index (χ1) is 17.5. The summed E-state index contributed by atoms with van der Waals surface area (Å²) >= 11 is 0. The van der Waals surface area contributed by atoms with E-state index in [9.17, 15) is 38.1 Å². The number of carbonyl (C=O) groups excluding carboxylic acids is 2. The number of aromatic nitrogens is 1. The van der Waals surface area contributed by atoms with Gasteiger partial charge in [-0.3, -0.25) is 14.6 Å². The van der Waals surface area contributed by atoms with Gasteiger partial charge in [-0.15, -0.1) is 0 Å². The van der Waals surface area contributed by atoms with E-state index in [2.05, 4.69) is 9.72 Å². The molecule has 0 spiro atoms. The monoisotopic (exact) mass is 517 g/mol. The molecule has 0 fully saturated rings. The summed E-state index contributed by atoms with van der Waals surface area (Å²) in [5.74, 6) is -9.47. The van der Waals surface area contributed by atoms with Gasteiger partial charge >= 0.3 is 5.97 Å². The second kappa shape index (κ2) is 9.74. The maximum absolute atomic E-state index is 14.2. The van der Waals surface area contributed by atoms with Gasteiger partial charge in [0.15, 0.2) is 23.2 Å². The third-order valence-electron chi connectivity index (χ3n) is 6.38. The molecule has 0 aliphatic carbocycles. The maximum atomic E-state index is 14.2. The van der Waals surface area contributed by atoms with E-state index >= 15 is 0 Å². The van der Waals surface area contributed by atoms with Gasteiger partial charge in [0.05, 0.1) is 31.4 Å². The molecule has 2 atom stereocenters. The first-order valence-corrected chi connectivity index (χ1v) is 11.1. The summed E-state index contributed by atoms with van der Waals surface area (Å²) in [6.07, 6.45) is -0.271. The SMILES string of the molecule is COC(=O)C[C@@H](c1cc(F)c(F)c(F)c1)c1c(O)c(C(C)=O)cc([C@H]2OCc3cnc(C)c(O)c32)c1O. The van der Waals surface area contributed by atoms with Crippen molar-refractivity contribution in [2.75, 3.05) is 7.11 Å². The topological polar surface area (TPSA) is 126 Å². The van der Waals surface area contributed by atoms with Gasteiger partial charge in [-0.2, -0.15) is 0 Å². The predicted octanol–water partition coefficient (Wildman–Crippen LogP) is 4.44. The third kappa shape index (κ3) is 4.46. The number of benzene rings is 2. The summed E-state index contributed by atoms with van der Waals surface area (Å²) < 4.78 is 52.4. The Labute approximate surface area is 208 Å². The number of pyridine rings is 1. The smallest absolute Gasteiger partial charge is 0.306 e. The molecule has 2 heterocycles. The van der Waals surface area contributed by atoms with E-state index < -0.39 is 64.7 Å². The number of phenols is 2. The van der Waals surface area contributed by atoms with E-state index in [4.69, 9.17) is 4.74 Å².